The molecule has 4 heteroatoms. The minimum absolute atomic E-state index is 0.207. The summed E-state index contributed by atoms with van der Waals surface area (Å²) in [6, 6.07) is 10.0. The molecule has 0 aliphatic carbocycles. The highest BCUT2D eigenvalue weighted by molar-refractivity contribution is 5.25. The predicted molar refractivity (Wildman–Crippen MR) is 85.3 cm³/mol. The van der Waals surface area contributed by atoms with Crippen LogP contribution in [0.5, 0.6) is 0 Å². The van der Waals surface area contributed by atoms with E-state index < -0.39 is 0 Å². The van der Waals surface area contributed by atoms with Gasteiger partial charge in [0.05, 0.1) is 0 Å². The van der Waals surface area contributed by atoms with Crippen molar-refractivity contribution in [3.05, 3.63) is 63.3 Å². The molecule has 2 aromatic rings. The zero-order chi connectivity index (χ0) is 15.4. The number of aromatic nitrogens is 2. The topological polar surface area (TPSA) is 60.9 Å². The van der Waals surface area contributed by atoms with E-state index in [0.717, 1.165) is 29.8 Å². The molecule has 1 heterocycles. The lowest BCUT2D eigenvalue weighted by atomic mass is 10.0. The molecule has 2 rings (SSSR count). The molecule has 0 fully saturated rings. The van der Waals surface area contributed by atoms with E-state index in [-0.39, 0.29) is 11.7 Å². The lowest BCUT2D eigenvalue weighted by Gasteiger charge is -2.16. The van der Waals surface area contributed by atoms with Crippen LogP contribution >= 0.6 is 0 Å². The third-order valence-electron chi connectivity index (χ3n) is 3.67. The lowest BCUT2D eigenvalue weighted by Crippen LogP contribution is -2.30. The minimum atomic E-state index is -0.231. The summed E-state index contributed by atoms with van der Waals surface area (Å²) in [5, 5.41) is 0. The van der Waals surface area contributed by atoms with Crippen LogP contribution in [-0.2, 0) is 13.0 Å². The van der Waals surface area contributed by atoms with Crippen molar-refractivity contribution in [2.45, 2.75) is 46.2 Å². The maximum atomic E-state index is 12.0. The number of hydrogen-bond donors (Lipinski definition) is 1. The van der Waals surface area contributed by atoms with Crippen molar-refractivity contribution in [2.75, 3.05) is 0 Å². The number of benzene rings is 1. The van der Waals surface area contributed by atoms with Gasteiger partial charge >= 0.3 is 5.69 Å². The van der Waals surface area contributed by atoms with Gasteiger partial charge in [-0.1, -0.05) is 37.6 Å². The fourth-order valence-electron chi connectivity index (χ4n) is 2.52. The van der Waals surface area contributed by atoms with Gasteiger partial charge in [-0.25, -0.2) is 4.79 Å². The molecule has 0 aliphatic heterocycles. The van der Waals surface area contributed by atoms with E-state index >= 15 is 0 Å². The summed E-state index contributed by atoms with van der Waals surface area (Å²) in [4.78, 5) is 15.9. The quantitative estimate of drug-likeness (QED) is 0.918. The van der Waals surface area contributed by atoms with Gasteiger partial charge in [-0.05, 0) is 37.5 Å². The van der Waals surface area contributed by atoms with E-state index in [1.807, 2.05) is 19.9 Å². The molecule has 4 nitrogen and oxygen atoms in total. The average Bonchev–Trinajstić information content (AvgIpc) is 2.43. The summed E-state index contributed by atoms with van der Waals surface area (Å²) in [7, 11) is 0. The number of rotatable bonds is 5. The van der Waals surface area contributed by atoms with Crippen LogP contribution in [0.15, 0.2) is 35.1 Å². The van der Waals surface area contributed by atoms with Crippen molar-refractivity contribution in [3.8, 4) is 0 Å². The predicted octanol–water partition coefficient (Wildman–Crippen LogP) is 2.51. The van der Waals surface area contributed by atoms with Crippen molar-refractivity contribution in [1.82, 2.24) is 9.55 Å². The largest absolute Gasteiger partial charge is 0.348 e. The second-order valence-corrected chi connectivity index (χ2v) is 5.53. The Labute approximate surface area is 125 Å². The molecule has 0 radical (unpaired) electrons. The van der Waals surface area contributed by atoms with Crippen molar-refractivity contribution in [2.24, 2.45) is 5.73 Å². The van der Waals surface area contributed by atoms with Gasteiger partial charge in [-0.2, -0.15) is 4.98 Å². The Kier molecular flexibility index (Phi) is 4.91. The molecule has 1 unspecified atom stereocenters. The highest BCUT2D eigenvalue weighted by Gasteiger charge is 2.10. The van der Waals surface area contributed by atoms with Crippen molar-refractivity contribution in [3.63, 3.8) is 0 Å². The smallest absolute Gasteiger partial charge is 0.322 e. The van der Waals surface area contributed by atoms with Gasteiger partial charge in [0.25, 0.3) is 0 Å². The van der Waals surface area contributed by atoms with Crippen LogP contribution in [0, 0.1) is 13.8 Å². The van der Waals surface area contributed by atoms with Crippen LogP contribution in [0.25, 0.3) is 0 Å². The second-order valence-electron chi connectivity index (χ2n) is 5.53. The average molecular weight is 285 g/mol. The fraction of sp³-hybridized carbons (Fsp3) is 0.412. The van der Waals surface area contributed by atoms with E-state index in [4.69, 9.17) is 5.73 Å². The molecule has 0 spiro atoms. The van der Waals surface area contributed by atoms with Gasteiger partial charge in [0.15, 0.2) is 0 Å². The van der Waals surface area contributed by atoms with Gasteiger partial charge < -0.3 is 5.73 Å². The van der Waals surface area contributed by atoms with Crippen LogP contribution in [0.4, 0.5) is 0 Å². The van der Waals surface area contributed by atoms with Gasteiger partial charge in [0.2, 0.25) is 0 Å². The third-order valence-corrected chi connectivity index (χ3v) is 3.67. The Morgan fingerprint density at radius 2 is 1.90 bits per heavy atom. The van der Waals surface area contributed by atoms with Crippen LogP contribution in [0.2, 0.25) is 0 Å². The molecule has 2 N–H and O–H groups in total. The first kappa shape index (κ1) is 15.4. The maximum absolute atomic E-state index is 12.0. The van der Waals surface area contributed by atoms with Crippen LogP contribution in [-0.4, -0.2) is 9.55 Å². The van der Waals surface area contributed by atoms with E-state index in [1.54, 1.807) is 4.57 Å². The Bertz CT molecular complexity index is 659. The third kappa shape index (κ3) is 3.79. The summed E-state index contributed by atoms with van der Waals surface area (Å²) < 4.78 is 1.64. The summed E-state index contributed by atoms with van der Waals surface area (Å²) in [5.74, 6) is 0. The second kappa shape index (κ2) is 6.68. The van der Waals surface area contributed by atoms with Crippen molar-refractivity contribution in [1.29, 1.82) is 0 Å². The molecule has 0 bridgehead atoms. The highest BCUT2D eigenvalue weighted by atomic mass is 16.1. The van der Waals surface area contributed by atoms with Crippen LogP contribution in [0.3, 0.4) is 0 Å². The molecule has 0 amide bonds. The van der Waals surface area contributed by atoms with E-state index in [0.29, 0.717) is 6.54 Å². The van der Waals surface area contributed by atoms with Gasteiger partial charge in [-0.15, -0.1) is 0 Å². The normalized spacial score (nSPS) is 12.4. The monoisotopic (exact) mass is 285 g/mol. The first-order chi connectivity index (χ1) is 10.0. The Balaban J connectivity index is 2.18. The van der Waals surface area contributed by atoms with E-state index in [2.05, 4.69) is 36.2 Å². The lowest BCUT2D eigenvalue weighted by molar-refractivity contribution is 0.538. The number of nitrogens with two attached hydrogens (primary N) is 1. The number of nitrogens with zero attached hydrogens (tertiary/aromatic N) is 2. The van der Waals surface area contributed by atoms with Crippen molar-refractivity contribution >= 4 is 0 Å². The summed E-state index contributed by atoms with van der Waals surface area (Å²) in [5.41, 5.74) is 10.0. The zero-order valence-corrected chi connectivity index (χ0v) is 13.0. The molecule has 0 saturated carbocycles. The molecular weight excluding hydrogens is 262 g/mol. The van der Waals surface area contributed by atoms with Gasteiger partial charge in [0, 0.05) is 24.0 Å². The molecule has 112 valence electrons. The SMILES string of the molecule is CCCc1ccc(C(N)Cn2c(C)cc(C)nc2=O)cc1. The molecule has 0 aliphatic rings. The molecule has 1 aromatic carbocycles. The van der Waals surface area contributed by atoms with Crippen LogP contribution in [0.1, 0.15) is 41.9 Å². The standard InChI is InChI=1S/C17H23N3O/c1-4-5-14-6-8-15(9-7-14)16(18)11-20-13(3)10-12(2)19-17(20)21/h6-10,16H,4-5,11,18H2,1-3H3. The summed E-state index contributed by atoms with van der Waals surface area (Å²) in [6.45, 7) is 6.35. The van der Waals surface area contributed by atoms with E-state index in [1.165, 1.54) is 5.56 Å². The minimum Gasteiger partial charge on any atom is -0.322 e. The first-order valence-electron chi connectivity index (χ1n) is 7.40. The first-order valence-corrected chi connectivity index (χ1v) is 7.40. The van der Waals surface area contributed by atoms with Gasteiger partial charge in [0.1, 0.15) is 0 Å². The molecule has 1 atom stereocenters. The highest BCUT2D eigenvalue weighted by Crippen LogP contribution is 2.15. The maximum Gasteiger partial charge on any atom is 0.348 e. The molecule has 1 aromatic heterocycles. The summed E-state index contributed by atoms with van der Waals surface area (Å²) >= 11 is 0. The fourth-order valence-corrected chi connectivity index (χ4v) is 2.52. The summed E-state index contributed by atoms with van der Waals surface area (Å²) in [6.07, 6.45) is 2.21. The number of hydrogen-bond acceptors (Lipinski definition) is 3. The van der Waals surface area contributed by atoms with E-state index in [9.17, 15) is 4.79 Å². The zero-order valence-electron chi connectivity index (χ0n) is 13.0. The molecular formula is C17H23N3O. The Morgan fingerprint density at radius 1 is 1.24 bits per heavy atom. The van der Waals surface area contributed by atoms with Crippen molar-refractivity contribution < 1.29 is 0 Å². The molecule has 0 saturated heterocycles. The Hall–Kier alpha value is -1.94. The van der Waals surface area contributed by atoms with Gasteiger partial charge in [-0.3, -0.25) is 4.57 Å². The molecule has 21 heavy (non-hydrogen) atoms. The Morgan fingerprint density at radius 3 is 2.48 bits per heavy atom. The van der Waals surface area contributed by atoms with Crippen LogP contribution < -0.4 is 11.4 Å². The number of aryl methyl sites for hydroxylation is 3.